The first-order valence-electron chi connectivity index (χ1n) is 8.99. The van der Waals surface area contributed by atoms with E-state index in [0.29, 0.717) is 12.8 Å². The number of carbonyl (C=O) groups excluding carboxylic acids is 3. The molecule has 0 saturated carbocycles. The number of para-hydroxylation sites is 1. The van der Waals surface area contributed by atoms with Gasteiger partial charge in [0.1, 0.15) is 12.6 Å². The molecule has 9 nitrogen and oxygen atoms in total. The molecule has 1 aromatic heterocycles. The van der Waals surface area contributed by atoms with Gasteiger partial charge in [-0.1, -0.05) is 18.2 Å². The summed E-state index contributed by atoms with van der Waals surface area (Å²) in [6, 6.07) is 5.82. The third-order valence-electron chi connectivity index (χ3n) is 5.11. The fourth-order valence-electron chi connectivity index (χ4n) is 3.71. The number of benzene rings is 1. The molecule has 2 saturated heterocycles. The number of carbonyl (C=O) groups is 3. The topological polar surface area (TPSA) is 128 Å². The second-order valence-corrected chi connectivity index (χ2v) is 9.39. The number of hydrogen-bond donors (Lipinski definition) is 3. The molecule has 2 aromatic rings. The van der Waals surface area contributed by atoms with E-state index in [2.05, 4.69) is 15.6 Å². The van der Waals surface area contributed by atoms with E-state index < -0.39 is 46.3 Å². The molecule has 0 bridgehead atoms. The number of sulfone groups is 1. The van der Waals surface area contributed by atoms with E-state index in [1.54, 1.807) is 6.20 Å². The molecule has 4 rings (SSSR count). The second-order valence-electron chi connectivity index (χ2n) is 7.16. The van der Waals surface area contributed by atoms with Crippen LogP contribution >= 0.6 is 0 Å². The average Bonchev–Trinajstić information content (AvgIpc) is 3.28. The number of hydrogen-bond acceptors (Lipinski definition) is 5. The molecule has 0 radical (unpaired) electrons. The van der Waals surface area contributed by atoms with Crippen molar-refractivity contribution in [3.63, 3.8) is 0 Å². The summed E-state index contributed by atoms with van der Waals surface area (Å²) in [5.41, 5.74) is 1.84. The van der Waals surface area contributed by atoms with Crippen molar-refractivity contribution in [1.82, 2.24) is 20.5 Å². The fraction of sp³-hybridized carbons (Fsp3) is 0.389. The Morgan fingerprint density at radius 2 is 2.04 bits per heavy atom. The molecule has 28 heavy (non-hydrogen) atoms. The fourth-order valence-corrected chi connectivity index (χ4v) is 5.38. The number of nitrogens with one attached hydrogen (secondary N) is 3. The van der Waals surface area contributed by atoms with Crippen molar-refractivity contribution < 1.29 is 22.8 Å². The predicted molar refractivity (Wildman–Crippen MR) is 101 cm³/mol. The number of nitrogens with zero attached hydrogens (tertiary/aromatic N) is 1. The number of amides is 4. The highest BCUT2D eigenvalue weighted by Crippen LogP contribution is 2.21. The molecule has 0 unspecified atom stereocenters. The predicted octanol–water partition coefficient (Wildman–Crippen LogP) is -0.0659. The lowest BCUT2D eigenvalue weighted by Gasteiger charge is -2.15. The highest BCUT2D eigenvalue weighted by molar-refractivity contribution is 7.91. The Morgan fingerprint density at radius 1 is 1.25 bits per heavy atom. The standard InChI is InChI=1S/C18H20N4O5S/c23-16(20-12-5-6-28(26,27)10-12)9-22-17(24)15(21-18(22)25)7-11-8-19-14-4-2-1-3-13(11)14/h1-4,8,12,15,19H,5-7,9-10H2,(H,20,23)(H,21,25)/t12-,15+/m0/s1. The summed E-state index contributed by atoms with van der Waals surface area (Å²) in [5, 5.41) is 6.18. The maximum Gasteiger partial charge on any atom is 0.325 e. The van der Waals surface area contributed by atoms with Gasteiger partial charge in [0.15, 0.2) is 9.84 Å². The minimum Gasteiger partial charge on any atom is -0.361 e. The first kappa shape index (κ1) is 18.5. The van der Waals surface area contributed by atoms with Gasteiger partial charge in [0.2, 0.25) is 5.91 Å². The van der Waals surface area contributed by atoms with Gasteiger partial charge in [0, 0.05) is 29.6 Å². The van der Waals surface area contributed by atoms with Crippen molar-refractivity contribution in [1.29, 1.82) is 0 Å². The number of aromatic nitrogens is 1. The lowest BCUT2D eigenvalue weighted by atomic mass is 10.1. The van der Waals surface area contributed by atoms with E-state index in [0.717, 1.165) is 21.4 Å². The molecular formula is C18H20N4O5S. The van der Waals surface area contributed by atoms with E-state index in [-0.39, 0.29) is 11.5 Å². The minimum atomic E-state index is -3.12. The number of fused-ring (bicyclic) bond motifs is 1. The van der Waals surface area contributed by atoms with E-state index >= 15 is 0 Å². The molecule has 1 aromatic carbocycles. The molecule has 3 N–H and O–H groups in total. The minimum absolute atomic E-state index is 0.0355. The zero-order valence-corrected chi connectivity index (χ0v) is 15.8. The summed E-state index contributed by atoms with van der Waals surface area (Å²) >= 11 is 0. The zero-order valence-electron chi connectivity index (χ0n) is 15.0. The van der Waals surface area contributed by atoms with Crippen molar-refractivity contribution >= 4 is 38.6 Å². The Kier molecular flexibility index (Phi) is 4.58. The molecule has 3 heterocycles. The molecule has 2 aliphatic rings. The lowest BCUT2D eigenvalue weighted by molar-refractivity contribution is -0.132. The normalized spacial score (nSPS) is 23.9. The Labute approximate surface area is 161 Å². The Morgan fingerprint density at radius 3 is 2.79 bits per heavy atom. The summed E-state index contributed by atoms with van der Waals surface area (Å²) in [7, 11) is -3.12. The zero-order chi connectivity index (χ0) is 19.9. The third kappa shape index (κ3) is 3.59. The van der Waals surface area contributed by atoms with Crippen LogP contribution in [0.25, 0.3) is 10.9 Å². The molecule has 2 aliphatic heterocycles. The number of urea groups is 1. The van der Waals surface area contributed by atoms with Crippen LogP contribution < -0.4 is 10.6 Å². The van der Waals surface area contributed by atoms with Gasteiger partial charge in [-0.25, -0.2) is 13.2 Å². The maximum atomic E-state index is 12.6. The molecule has 148 valence electrons. The molecule has 2 atom stereocenters. The van der Waals surface area contributed by atoms with Gasteiger partial charge in [-0.05, 0) is 18.1 Å². The Hall–Kier alpha value is -2.88. The van der Waals surface area contributed by atoms with Crippen LogP contribution in [0.5, 0.6) is 0 Å². The van der Waals surface area contributed by atoms with Crippen LogP contribution in [0.4, 0.5) is 4.79 Å². The summed E-state index contributed by atoms with van der Waals surface area (Å²) in [6.07, 6.45) is 2.46. The van der Waals surface area contributed by atoms with Gasteiger partial charge in [-0.2, -0.15) is 0 Å². The second kappa shape index (κ2) is 6.93. The van der Waals surface area contributed by atoms with Crippen LogP contribution in [0.3, 0.4) is 0 Å². The third-order valence-corrected chi connectivity index (χ3v) is 6.87. The summed E-state index contributed by atoms with van der Waals surface area (Å²) in [6.45, 7) is -0.425. The first-order chi connectivity index (χ1) is 13.3. The van der Waals surface area contributed by atoms with E-state index in [1.165, 1.54) is 0 Å². The lowest BCUT2D eigenvalue weighted by Crippen LogP contribution is -2.45. The monoisotopic (exact) mass is 404 g/mol. The van der Waals surface area contributed by atoms with Crippen molar-refractivity contribution in [3.8, 4) is 0 Å². The van der Waals surface area contributed by atoms with Crippen LogP contribution in [0, 0.1) is 0 Å². The Balaban J connectivity index is 1.39. The SMILES string of the molecule is O=C(CN1C(=O)N[C@H](Cc2c[nH]c3ccccc23)C1=O)N[C@H]1CCS(=O)(=O)C1. The first-order valence-corrected chi connectivity index (χ1v) is 10.8. The summed E-state index contributed by atoms with van der Waals surface area (Å²) < 4.78 is 23.0. The largest absolute Gasteiger partial charge is 0.361 e. The summed E-state index contributed by atoms with van der Waals surface area (Å²) in [5.74, 6) is -1.08. The van der Waals surface area contributed by atoms with E-state index in [9.17, 15) is 22.8 Å². The van der Waals surface area contributed by atoms with Gasteiger partial charge < -0.3 is 15.6 Å². The number of aromatic amines is 1. The van der Waals surface area contributed by atoms with Crippen molar-refractivity contribution in [2.75, 3.05) is 18.1 Å². The van der Waals surface area contributed by atoms with Crippen molar-refractivity contribution in [2.45, 2.75) is 24.9 Å². The van der Waals surface area contributed by atoms with Gasteiger partial charge in [-0.15, -0.1) is 0 Å². The number of rotatable bonds is 5. The summed E-state index contributed by atoms with van der Waals surface area (Å²) in [4.78, 5) is 41.0. The molecule has 4 amide bonds. The van der Waals surface area contributed by atoms with E-state index in [4.69, 9.17) is 0 Å². The Bertz CT molecular complexity index is 1060. The molecule has 2 fully saturated rings. The van der Waals surface area contributed by atoms with Crippen LogP contribution in [0.15, 0.2) is 30.5 Å². The molecule has 0 aliphatic carbocycles. The van der Waals surface area contributed by atoms with Crippen molar-refractivity contribution in [2.24, 2.45) is 0 Å². The molecule has 10 heteroatoms. The molecular weight excluding hydrogens is 384 g/mol. The van der Waals surface area contributed by atoms with Crippen LogP contribution in [-0.4, -0.2) is 66.3 Å². The van der Waals surface area contributed by atoms with Crippen LogP contribution in [0.2, 0.25) is 0 Å². The number of imide groups is 1. The number of H-pyrrole nitrogens is 1. The van der Waals surface area contributed by atoms with Crippen LogP contribution in [-0.2, 0) is 25.8 Å². The van der Waals surface area contributed by atoms with E-state index in [1.807, 2.05) is 24.3 Å². The maximum absolute atomic E-state index is 12.6. The van der Waals surface area contributed by atoms with Gasteiger partial charge >= 0.3 is 6.03 Å². The highest BCUT2D eigenvalue weighted by Gasteiger charge is 2.39. The van der Waals surface area contributed by atoms with Gasteiger partial charge in [-0.3, -0.25) is 14.5 Å². The molecule has 0 spiro atoms. The average molecular weight is 404 g/mol. The van der Waals surface area contributed by atoms with Gasteiger partial charge in [0.05, 0.1) is 11.5 Å². The smallest absolute Gasteiger partial charge is 0.325 e. The highest BCUT2D eigenvalue weighted by atomic mass is 32.2. The van der Waals surface area contributed by atoms with Gasteiger partial charge in [0.25, 0.3) is 5.91 Å². The quantitative estimate of drug-likeness (QED) is 0.601. The van der Waals surface area contributed by atoms with Crippen molar-refractivity contribution in [3.05, 3.63) is 36.0 Å². The van der Waals surface area contributed by atoms with Crippen LogP contribution in [0.1, 0.15) is 12.0 Å².